The molecule has 8 heteroatoms. The quantitative estimate of drug-likeness (QED) is 0.796. The number of nitrogens with zero attached hydrogens (tertiary/aromatic N) is 4. The second-order valence-electron chi connectivity index (χ2n) is 7.52. The number of nitrogens with one attached hydrogen (secondary N) is 1. The summed E-state index contributed by atoms with van der Waals surface area (Å²) in [7, 11) is 2.27. The maximum Gasteiger partial charge on any atom is 0.243 e. The molecule has 2 heterocycles. The molecule has 1 aliphatic rings. The average Bonchev–Trinajstić information content (AvgIpc) is 2.68. The lowest BCUT2D eigenvalue weighted by Gasteiger charge is -2.31. The molecule has 1 N–H and O–H groups in total. The molecular formula is C20H29N5O2S. The number of hydrogen-bond acceptors (Lipinski definition) is 6. The van der Waals surface area contributed by atoms with Crippen LogP contribution in [-0.4, -0.2) is 56.9 Å². The van der Waals surface area contributed by atoms with Gasteiger partial charge >= 0.3 is 0 Å². The lowest BCUT2D eigenvalue weighted by atomic mass is 9.98. The summed E-state index contributed by atoms with van der Waals surface area (Å²) in [5, 5.41) is 3.12. The fourth-order valence-electron chi connectivity index (χ4n) is 3.42. The van der Waals surface area contributed by atoms with Crippen molar-refractivity contribution in [1.29, 1.82) is 0 Å². The Labute approximate surface area is 167 Å². The Balaban J connectivity index is 1.88. The third kappa shape index (κ3) is 4.51. The standard InChI is InChI=1S/C20H29N5O2S/c1-15-7-9-18(10-8-15)28(26,27)25-11-5-6-16(14-25)20-22-17(13-21-2)12-19(23-20)24(3)4/h7-10,12,16,21H,5-6,11,13-14H2,1-4H3/t16-/m0/s1. The van der Waals surface area contributed by atoms with Crippen LogP contribution in [0.3, 0.4) is 0 Å². The van der Waals surface area contributed by atoms with Crippen LogP contribution in [0.5, 0.6) is 0 Å². The Kier molecular flexibility index (Phi) is 6.32. The predicted molar refractivity (Wildman–Crippen MR) is 111 cm³/mol. The fourth-order valence-corrected chi connectivity index (χ4v) is 4.94. The molecule has 0 unspecified atom stereocenters. The van der Waals surface area contributed by atoms with E-state index in [1.54, 1.807) is 16.4 Å². The second kappa shape index (κ2) is 8.55. The van der Waals surface area contributed by atoms with Crippen molar-refractivity contribution in [3.63, 3.8) is 0 Å². The first kappa shape index (κ1) is 20.7. The van der Waals surface area contributed by atoms with Crippen molar-refractivity contribution in [2.45, 2.75) is 37.1 Å². The summed E-state index contributed by atoms with van der Waals surface area (Å²) in [6, 6.07) is 9.00. The van der Waals surface area contributed by atoms with Gasteiger partial charge in [-0.05, 0) is 38.9 Å². The molecule has 1 fully saturated rings. The van der Waals surface area contributed by atoms with Gasteiger partial charge in [-0.25, -0.2) is 18.4 Å². The summed E-state index contributed by atoms with van der Waals surface area (Å²) in [4.78, 5) is 11.7. The van der Waals surface area contributed by atoms with Gasteiger partial charge in [0.1, 0.15) is 11.6 Å². The Bertz CT molecular complexity index is 913. The number of piperidine rings is 1. The van der Waals surface area contributed by atoms with E-state index in [1.165, 1.54) is 0 Å². The monoisotopic (exact) mass is 403 g/mol. The van der Waals surface area contributed by atoms with E-state index in [1.807, 2.05) is 51.2 Å². The van der Waals surface area contributed by atoms with Crippen molar-refractivity contribution >= 4 is 15.8 Å². The normalized spacial score (nSPS) is 18.2. The van der Waals surface area contributed by atoms with E-state index in [0.29, 0.717) is 24.5 Å². The fraction of sp³-hybridized carbons (Fsp3) is 0.500. The third-order valence-corrected chi connectivity index (χ3v) is 6.89. The molecule has 2 aromatic rings. The van der Waals surface area contributed by atoms with Crippen molar-refractivity contribution < 1.29 is 8.42 Å². The van der Waals surface area contributed by atoms with Crippen molar-refractivity contribution in [2.75, 3.05) is 39.1 Å². The Morgan fingerprint density at radius 1 is 1.21 bits per heavy atom. The highest BCUT2D eigenvalue weighted by atomic mass is 32.2. The topological polar surface area (TPSA) is 78.4 Å². The molecule has 0 radical (unpaired) electrons. The number of aryl methyl sites for hydroxylation is 1. The number of hydrogen-bond donors (Lipinski definition) is 1. The van der Waals surface area contributed by atoms with Gasteiger partial charge in [0.15, 0.2) is 0 Å². The maximum atomic E-state index is 13.1. The molecule has 0 amide bonds. The molecular weight excluding hydrogens is 374 g/mol. The lowest BCUT2D eigenvalue weighted by Crippen LogP contribution is -2.39. The van der Waals surface area contributed by atoms with E-state index in [9.17, 15) is 8.42 Å². The maximum absolute atomic E-state index is 13.1. The van der Waals surface area contributed by atoms with Gasteiger partial charge in [0, 0.05) is 45.7 Å². The Morgan fingerprint density at radius 3 is 2.57 bits per heavy atom. The summed E-state index contributed by atoms with van der Waals surface area (Å²) in [6.07, 6.45) is 1.68. The summed E-state index contributed by atoms with van der Waals surface area (Å²) in [5.41, 5.74) is 1.95. The first-order chi connectivity index (χ1) is 13.3. The van der Waals surface area contributed by atoms with E-state index in [2.05, 4.69) is 5.32 Å². The zero-order valence-electron chi connectivity index (χ0n) is 17.0. The Hall–Kier alpha value is -2.03. The van der Waals surface area contributed by atoms with Gasteiger partial charge in [-0.2, -0.15) is 4.31 Å². The average molecular weight is 404 g/mol. The zero-order chi connectivity index (χ0) is 20.3. The minimum Gasteiger partial charge on any atom is -0.363 e. The number of sulfonamides is 1. The molecule has 152 valence electrons. The molecule has 1 aliphatic heterocycles. The summed E-state index contributed by atoms with van der Waals surface area (Å²) < 4.78 is 27.8. The first-order valence-corrected chi connectivity index (χ1v) is 11.0. The van der Waals surface area contributed by atoms with Crippen LogP contribution in [0.1, 0.15) is 35.8 Å². The minimum absolute atomic E-state index is 0.00974. The highest BCUT2D eigenvalue weighted by Gasteiger charge is 2.32. The molecule has 0 spiro atoms. The van der Waals surface area contributed by atoms with Crippen LogP contribution < -0.4 is 10.2 Å². The number of aromatic nitrogens is 2. The van der Waals surface area contributed by atoms with Gasteiger partial charge in [-0.3, -0.25) is 0 Å². The van der Waals surface area contributed by atoms with Crippen molar-refractivity contribution in [3.8, 4) is 0 Å². The van der Waals surface area contributed by atoms with E-state index < -0.39 is 10.0 Å². The molecule has 0 saturated carbocycles. The number of anilines is 1. The van der Waals surface area contributed by atoms with Crippen LogP contribution in [0.2, 0.25) is 0 Å². The zero-order valence-corrected chi connectivity index (χ0v) is 17.8. The molecule has 1 aromatic carbocycles. The van der Waals surface area contributed by atoms with Crippen LogP contribution in [0, 0.1) is 6.92 Å². The molecule has 0 bridgehead atoms. The lowest BCUT2D eigenvalue weighted by molar-refractivity contribution is 0.309. The Morgan fingerprint density at radius 2 is 1.93 bits per heavy atom. The summed E-state index contributed by atoms with van der Waals surface area (Å²) in [5.74, 6) is 1.55. The van der Waals surface area contributed by atoms with Crippen LogP contribution in [0.4, 0.5) is 5.82 Å². The van der Waals surface area contributed by atoms with Crippen molar-refractivity contribution in [1.82, 2.24) is 19.6 Å². The van der Waals surface area contributed by atoms with Crippen LogP contribution in [-0.2, 0) is 16.6 Å². The number of benzene rings is 1. The van der Waals surface area contributed by atoms with Gasteiger partial charge in [-0.15, -0.1) is 0 Å². The van der Waals surface area contributed by atoms with Crippen molar-refractivity contribution in [2.24, 2.45) is 0 Å². The van der Waals surface area contributed by atoms with Gasteiger partial charge in [-0.1, -0.05) is 17.7 Å². The summed E-state index contributed by atoms with van der Waals surface area (Å²) in [6.45, 7) is 3.54. The van der Waals surface area contributed by atoms with Gasteiger partial charge < -0.3 is 10.2 Å². The van der Waals surface area contributed by atoms with E-state index >= 15 is 0 Å². The molecule has 0 aliphatic carbocycles. The molecule has 7 nitrogen and oxygen atoms in total. The molecule has 1 saturated heterocycles. The van der Waals surface area contributed by atoms with Crippen LogP contribution in [0.15, 0.2) is 35.2 Å². The predicted octanol–water partition coefficient (Wildman–Crippen LogP) is 2.14. The van der Waals surface area contributed by atoms with Crippen LogP contribution >= 0.6 is 0 Å². The van der Waals surface area contributed by atoms with Crippen molar-refractivity contribution in [3.05, 3.63) is 47.4 Å². The number of rotatable bonds is 6. The molecule has 1 aromatic heterocycles. The van der Waals surface area contributed by atoms with E-state index in [0.717, 1.165) is 35.7 Å². The second-order valence-corrected chi connectivity index (χ2v) is 9.45. The summed E-state index contributed by atoms with van der Waals surface area (Å²) >= 11 is 0. The highest BCUT2D eigenvalue weighted by Crippen LogP contribution is 2.29. The van der Waals surface area contributed by atoms with Crippen LogP contribution in [0.25, 0.3) is 0 Å². The molecule has 28 heavy (non-hydrogen) atoms. The smallest absolute Gasteiger partial charge is 0.243 e. The first-order valence-electron chi connectivity index (χ1n) is 9.58. The molecule has 3 rings (SSSR count). The molecule has 1 atom stereocenters. The van der Waals surface area contributed by atoms with Gasteiger partial charge in [0.25, 0.3) is 0 Å². The highest BCUT2D eigenvalue weighted by molar-refractivity contribution is 7.89. The SMILES string of the molecule is CNCc1cc(N(C)C)nc([C@H]2CCCN(S(=O)(=O)c3ccc(C)cc3)C2)n1. The van der Waals surface area contributed by atoms with E-state index in [4.69, 9.17) is 9.97 Å². The van der Waals surface area contributed by atoms with E-state index in [-0.39, 0.29) is 5.92 Å². The van der Waals surface area contributed by atoms with Gasteiger partial charge in [0.2, 0.25) is 10.0 Å². The van der Waals surface area contributed by atoms with Gasteiger partial charge in [0.05, 0.1) is 10.6 Å². The minimum atomic E-state index is -3.51. The third-order valence-electron chi connectivity index (χ3n) is 5.01. The largest absolute Gasteiger partial charge is 0.363 e.